The maximum Gasteiger partial charge on any atom is 0.322 e. The van der Waals surface area contributed by atoms with Crippen LogP contribution in [0.2, 0.25) is 0 Å². The third-order valence-corrected chi connectivity index (χ3v) is 4.35. The zero-order chi connectivity index (χ0) is 12.0. The van der Waals surface area contributed by atoms with Gasteiger partial charge < -0.3 is 10.1 Å². The van der Waals surface area contributed by atoms with Gasteiger partial charge in [-0.1, -0.05) is 13.8 Å². The van der Waals surface area contributed by atoms with Crippen LogP contribution in [0.1, 0.15) is 39.5 Å². The Kier molecular flexibility index (Phi) is 6.21. The molecule has 1 saturated carbocycles. The van der Waals surface area contributed by atoms with Gasteiger partial charge in [-0.3, -0.25) is 4.79 Å². The molecular formula is C12H23NO2S. The van der Waals surface area contributed by atoms with Crippen LogP contribution in [0.5, 0.6) is 0 Å². The van der Waals surface area contributed by atoms with E-state index in [1.807, 2.05) is 18.7 Å². The molecule has 0 heterocycles. The fourth-order valence-electron chi connectivity index (χ4n) is 2.26. The number of hydrogen-bond donors (Lipinski definition) is 1. The minimum Gasteiger partial charge on any atom is -0.468 e. The van der Waals surface area contributed by atoms with E-state index in [9.17, 15) is 4.79 Å². The summed E-state index contributed by atoms with van der Waals surface area (Å²) in [7, 11) is 1.46. The Morgan fingerprint density at radius 3 is 2.81 bits per heavy atom. The second-order valence-electron chi connectivity index (χ2n) is 4.24. The second-order valence-corrected chi connectivity index (χ2v) is 5.82. The van der Waals surface area contributed by atoms with E-state index < -0.39 is 0 Å². The molecule has 0 aromatic rings. The van der Waals surface area contributed by atoms with Gasteiger partial charge in [-0.15, -0.1) is 0 Å². The van der Waals surface area contributed by atoms with Gasteiger partial charge in [0.05, 0.1) is 7.11 Å². The van der Waals surface area contributed by atoms with Crippen LogP contribution in [0.3, 0.4) is 0 Å². The van der Waals surface area contributed by atoms with Gasteiger partial charge in [0.15, 0.2) is 0 Å². The maximum absolute atomic E-state index is 11.4. The summed E-state index contributed by atoms with van der Waals surface area (Å²) in [5, 5.41) is 4.19. The third-order valence-electron chi connectivity index (χ3n) is 3.12. The van der Waals surface area contributed by atoms with Crippen LogP contribution >= 0.6 is 11.8 Å². The highest BCUT2D eigenvalue weighted by Crippen LogP contribution is 2.30. The van der Waals surface area contributed by atoms with Crippen LogP contribution in [0.25, 0.3) is 0 Å². The number of esters is 1. The first-order valence-electron chi connectivity index (χ1n) is 6.16. The molecule has 0 aromatic heterocycles. The molecule has 1 aliphatic carbocycles. The van der Waals surface area contributed by atoms with Crippen LogP contribution in [0, 0.1) is 0 Å². The summed E-state index contributed by atoms with van der Waals surface area (Å²) in [5.41, 5.74) is 0. The molecular weight excluding hydrogens is 222 g/mol. The summed E-state index contributed by atoms with van der Waals surface area (Å²) in [4.78, 5) is 11.4. The number of hydrogen-bond acceptors (Lipinski definition) is 4. The van der Waals surface area contributed by atoms with Gasteiger partial charge in [-0.25, -0.2) is 0 Å². The summed E-state index contributed by atoms with van der Waals surface area (Å²) in [6, 6.07) is 0.369. The van der Waals surface area contributed by atoms with E-state index in [4.69, 9.17) is 4.74 Å². The number of ether oxygens (including phenoxy) is 1. The molecule has 1 rings (SSSR count). The topological polar surface area (TPSA) is 38.3 Å². The van der Waals surface area contributed by atoms with Gasteiger partial charge in [0.25, 0.3) is 0 Å². The molecule has 1 fully saturated rings. The first-order valence-corrected chi connectivity index (χ1v) is 7.21. The molecule has 94 valence electrons. The highest BCUT2D eigenvalue weighted by Gasteiger charge is 2.28. The van der Waals surface area contributed by atoms with Crippen molar-refractivity contribution in [1.29, 1.82) is 0 Å². The van der Waals surface area contributed by atoms with Gasteiger partial charge in [0.2, 0.25) is 0 Å². The number of carbonyl (C=O) groups excluding carboxylic acids is 1. The van der Waals surface area contributed by atoms with Crippen LogP contribution in [-0.4, -0.2) is 36.2 Å². The Labute approximate surface area is 103 Å². The Morgan fingerprint density at radius 2 is 2.25 bits per heavy atom. The van der Waals surface area contributed by atoms with Crippen molar-refractivity contribution in [3.8, 4) is 0 Å². The molecule has 3 unspecified atom stereocenters. The van der Waals surface area contributed by atoms with Gasteiger partial charge in [0.1, 0.15) is 6.04 Å². The fraction of sp³-hybridized carbons (Fsp3) is 0.917. The molecule has 1 aliphatic rings. The van der Waals surface area contributed by atoms with Crippen molar-refractivity contribution in [3.05, 3.63) is 0 Å². The van der Waals surface area contributed by atoms with Crippen molar-refractivity contribution in [2.45, 2.75) is 56.9 Å². The molecule has 0 spiro atoms. The number of methoxy groups -OCH3 is 1. The maximum atomic E-state index is 11.4. The van der Waals surface area contributed by atoms with E-state index in [1.54, 1.807) is 0 Å². The standard InChI is InChI=1S/C12H23NO2S/c1-4-11(12(14)15-3)13-9-6-7-10(8-9)16-5-2/h9-11,13H,4-8H2,1-3H3. The number of nitrogens with one attached hydrogen (secondary N) is 1. The second kappa shape index (κ2) is 7.17. The molecule has 16 heavy (non-hydrogen) atoms. The lowest BCUT2D eigenvalue weighted by Crippen LogP contribution is -2.42. The van der Waals surface area contributed by atoms with Crippen molar-refractivity contribution in [3.63, 3.8) is 0 Å². The monoisotopic (exact) mass is 245 g/mol. The Morgan fingerprint density at radius 1 is 1.50 bits per heavy atom. The van der Waals surface area contributed by atoms with Crippen LogP contribution < -0.4 is 5.32 Å². The van der Waals surface area contributed by atoms with Gasteiger partial charge in [-0.2, -0.15) is 11.8 Å². The number of thioether (sulfide) groups is 1. The molecule has 4 heteroatoms. The molecule has 0 amide bonds. The van der Waals surface area contributed by atoms with Gasteiger partial charge in [0, 0.05) is 11.3 Å². The molecule has 3 atom stereocenters. The predicted octanol–water partition coefficient (Wildman–Crippen LogP) is 2.20. The average Bonchev–Trinajstić information content (AvgIpc) is 2.73. The molecule has 0 bridgehead atoms. The van der Waals surface area contributed by atoms with Crippen molar-refractivity contribution in [2.75, 3.05) is 12.9 Å². The van der Waals surface area contributed by atoms with E-state index in [-0.39, 0.29) is 12.0 Å². The Balaban J connectivity index is 2.34. The summed E-state index contributed by atoms with van der Waals surface area (Å²) < 4.78 is 4.78. The van der Waals surface area contributed by atoms with E-state index in [0.717, 1.165) is 11.7 Å². The van der Waals surface area contributed by atoms with Gasteiger partial charge in [-0.05, 0) is 31.4 Å². The SMILES string of the molecule is CCSC1CCC(NC(CC)C(=O)OC)C1. The normalized spacial score (nSPS) is 26.7. The lowest BCUT2D eigenvalue weighted by Gasteiger charge is -2.19. The summed E-state index contributed by atoms with van der Waals surface area (Å²) in [6.07, 6.45) is 4.44. The smallest absolute Gasteiger partial charge is 0.322 e. The summed E-state index contributed by atoms with van der Waals surface area (Å²) in [5.74, 6) is 1.06. The van der Waals surface area contributed by atoms with E-state index in [0.29, 0.717) is 6.04 Å². The van der Waals surface area contributed by atoms with Crippen LogP contribution in [0.15, 0.2) is 0 Å². The average molecular weight is 245 g/mol. The van der Waals surface area contributed by atoms with Crippen molar-refractivity contribution in [2.24, 2.45) is 0 Å². The minimum atomic E-state index is -0.130. The summed E-state index contributed by atoms with van der Waals surface area (Å²) in [6.45, 7) is 4.22. The zero-order valence-electron chi connectivity index (χ0n) is 10.5. The highest BCUT2D eigenvalue weighted by molar-refractivity contribution is 7.99. The summed E-state index contributed by atoms with van der Waals surface area (Å²) >= 11 is 2.04. The van der Waals surface area contributed by atoms with E-state index in [2.05, 4.69) is 12.2 Å². The zero-order valence-corrected chi connectivity index (χ0v) is 11.3. The third kappa shape index (κ3) is 3.98. The largest absolute Gasteiger partial charge is 0.468 e. The van der Waals surface area contributed by atoms with Crippen molar-refractivity contribution in [1.82, 2.24) is 5.32 Å². The van der Waals surface area contributed by atoms with Crippen LogP contribution in [-0.2, 0) is 9.53 Å². The van der Waals surface area contributed by atoms with E-state index >= 15 is 0 Å². The molecule has 1 N–H and O–H groups in total. The van der Waals surface area contributed by atoms with E-state index in [1.165, 1.54) is 32.1 Å². The highest BCUT2D eigenvalue weighted by atomic mass is 32.2. The molecule has 3 nitrogen and oxygen atoms in total. The van der Waals surface area contributed by atoms with Crippen LogP contribution in [0.4, 0.5) is 0 Å². The molecule has 0 saturated heterocycles. The lowest BCUT2D eigenvalue weighted by molar-refractivity contribution is -0.143. The first kappa shape index (κ1) is 13.8. The lowest BCUT2D eigenvalue weighted by atomic mass is 10.1. The molecule has 0 radical (unpaired) electrons. The predicted molar refractivity (Wildman–Crippen MR) is 68.8 cm³/mol. The first-order chi connectivity index (χ1) is 7.71. The Bertz CT molecular complexity index is 223. The van der Waals surface area contributed by atoms with Crippen molar-refractivity contribution < 1.29 is 9.53 Å². The van der Waals surface area contributed by atoms with Crippen molar-refractivity contribution >= 4 is 17.7 Å². The minimum absolute atomic E-state index is 0.125. The molecule has 0 aliphatic heterocycles. The number of rotatable bonds is 6. The Hall–Kier alpha value is -0.220. The quantitative estimate of drug-likeness (QED) is 0.728. The number of carbonyl (C=O) groups is 1. The fourth-order valence-corrected chi connectivity index (χ4v) is 3.40. The van der Waals surface area contributed by atoms with Gasteiger partial charge >= 0.3 is 5.97 Å². The molecule has 0 aromatic carbocycles.